The first-order chi connectivity index (χ1) is 5.20. The van der Waals surface area contributed by atoms with Crippen LogP contribution >= 0.6 is 0 Å². The molecule has 62 valence electrons. The number of carbonyl (C=O) groups is 2. The van der Waals surface area contributed by atoms with E-state index >= 15 is 0 Å². The van der Waals surface area contributed by atoms with Crippen LogP contribution in [0.4, 0.5) is 0 Å². The molecule has 1 rings (SSSR count). The Labute approximate surface area is 64.9 Å². The Kier molecular flexibility index (Phi) is 5.02. The van der Waals surface area contributed by atoms with E-state index in [0.29, 0.717) is 0 Å². The molecule has 4 nitrogen and oxygen atoms in total. The molecule has 0 aliphatic carbocycles. The monoisotopic (exact) mass is 157 g/mol. The van der Waals surface area contributed by atoms with Crippen LogP contribution in [0.15, 0.2) is 12.7 Å². The first kappa shape index (κ1) is 9.84. The van der Waals surface area contributed by atoms with Gasteiger partial charge in [-0.25, -0.2) is 4.79 Å². The van der Waals surface area contributed by atoms with E-state index < -0.39 is 5.97 Å². The molecular weight excluding hydrogens is 146 g/mol. The predicted molar refractivity (Wildman–Crippen MR) is 40.3 cm³/mol. The molecule has 1 atom stereocenters. The summed E-state index contributed by atoms with van der Waals surface area (Å²) in [6.07, 6.45) is 2.81. The first-order valence-electron chi connectivity index (χ1n) is 3.24. The molecule has 0 saturated carbocycles. The van der Waals surface area contributed by atoms with Crippen LogP contribution in [0.5, 0.6) is 0 Å². The number of carboxylic acid groups (broad SMARTS) is 1. The molecule has 0 radical (unpaired) electrons. The van der Waals surface area contributed by atoms with E-state index in [4.69, 9.17) is 5.11 Å². The molecule has 0 bridgehead atoms. The zero-order chi connectivity index (χ0) is 8.69. The number of aliphatic carboxylic acids is 1. The molecule has 1 aliphatic heterocycles. The third kappa shape index (κ3) is 5.29. The first-order valence-corrected chi connectivity index (χ1v) is 3.24. The summed E-state index contributed by atoms with van der Waals surface area (Å²) in [5.74, 6) is -0.981. The summed E-state index contributed by atoms with van der Waals surface area (Å²) in [4.78, 5) is 19.0. The van der Waals surface area contributed by atoms with E-state index in [-0.39, 0.29) is 6.04 Å². The van der Waals surface area contributed by atoms with Gasteiger partial charge in [-0.05, 0) is 13.0 Å². The fraction of sp³-hybridized carbons (Fsp3) is 0.429. The second-order valence-corrected chi connectivity index (χ2v) is 2.03. The highest BCUT2D eigenvalue weighted by molar-refractivity contribution is 5.78. The van der Waals surface area contributed by atoms with Crippen molar-refractivity contribution in [3.8, 4) is 0 Å². The van der Waals surface area contributed by atoms with Crippen LogP contribution in [0.2, 0.25) is 0 Å². The maximum absolute atomic E-state index is 9.72. The summed E-state index contributed by atoms with van der Waals surface area (Å²) in [5, 5.41) is 10.5. The Hall–Kier alpha value is -1.16. The van der Waals surface area contributed by atoms with Crippen LogP contribution in [-0.2, 0) is 9.59 Å². The number of carbonyl (C=O) groups excluding carboxylic acids is 1. The van der Waals surface area contributed by atoms with Gasteiger partial charge in [0.25, 0.3) is 0 Å². The number of carboxylic acids is 1. The average Bonchev–Trinajstić information content (AvgIpc) is 1.87. The topological polar surface area (TPSA) is 66.4 Å². The van der Waals surface area contributed by atoms with Crippen LogP contribution in [0.3, 0.4) is 0 Å². The molecule has 0 amide bonds. The average molecular weight is 157 g/mol. The summed E-state index contributed by atoms with van der Waals surface area (Å²) in [6, 6.07) is 0.185. The fourth-order valence-electron chi connectivity index (χ4n) is 0.427. The molecule has 0 aromatic rings. The van der Waals surface area contributed by atoms with Crippen molar-refractivity contribution in [3.05, 3.63) is 12.7 Å². The third-order valence-corrected chi connectivity index (χ3v) is 1.20. The zero-order valence-corrected chi connectivity index (χ0v) is 6.12. The predicted octanol–water partition coefficient (Wildman–Crippen LogP) is -0.196. The summed E-state index contributed by atoms with van der Waals surface area (Å²) >= 11 is 0. The molecule has 0 unspecified atom stereocenters. The molecule has 0 aromatic heterocycles. The van der Waals surface area contributed by atoms with E-state index in [1.165, 1.54) is 0 Å². The van der Waals surface area contributed by atoms with Gasteiger partial charge in [0, 0.05) is 6.08 Å². The van der Waals surface area contributed by atoms with E-state index in [2.05, 4.69) is 11.9 Å². The van der Waals surface area contributed by atoms with Gasteiger partial charge in [-0.3, -0.25) is 0 Å². The lowest BCUT2D eigenvalue weighted by Gasteiger charge is -2.20. The lowest BCUT2D eigenvalue weighted by molar-refractivity contribution is -0.131. The fourth-order valence-corrected chi connectivity index (χ4v) is 0.427. The molecule has 1 aliphatic rings. The highest BCUT2D eigenvalue weighted by atomic mass is 16.4. The lowest BCUT2D eigenvalue weighted by atomic mass is 10.1. The maximum atomic E-state index is 9.72. The molecule has 1 heterocycles. The van der Waals surface area contributed by atoms with Gasteiger partial charge in [0.05, 0.1) is 6.04 Å². The minimum absolute atomic E-state index is 0.185. The van der Waals surface area contributed by atoms with Gasteiger partial charge in [0.1, 0.15) is 6.29 Å². The normalized spacial score (nSPS) is 20.2. The number of rotatable bonds is 2. The number of aldehydes is 1. The van der Waals surface area contributed by atoms with Crippen molar-refractivity contribution in [3.63, 3.8) is 0 Å². The van der Waals surface area contributed by atoms with Crippen molar-refractivity contribution in [1.29, 1.82) is 0 Å². The Bertz CT molecular complexity index is 152. The molecule has 0 aromatic carbocycles. The van der Waals surface area contributed by atoms with Crippen molar-refractivity contribution in [2.45, 2.75) is 12.5 Å². The molecule has 2 N–H and O–H groups in total. The minimum Gasteiger partial charge on any atom is -0.478 e. The summed E-state index contributed by atoms with van der Waals surface area (Å²) in [5.41, 5.74) is 0. The zero-order valence-electron chi connectivity index (χ0n) is 6.12. The molecule has 4 heteroatoms. The van der Waals surface area contributed by atoms with E-state index in [0.717, 1.165) is 25.3 Å². The van der Waals surface area contributed by atoms with Gasteiger partial charge >= 0.3 is 5.97 Å². The largest absolute Gasteiger partial charge is 0.478 e. The smallest absolute Gasteiger partial charge is 0.327 e. The van der Waals surface area contributed by atoms with Gasteiger partial charge < -0.3 is 15.2 Å². The van der Waals surface area contributed by atoms with E-state index in [9.17, 15) is 9.59 Å². The molecular formula is C7H11NO3. The Morgan fingerprint density at radius 3 is 2.18 bits per heavy atom. The molecule has 1 fully saturated rings. The minimum atomic E-state index is -0.981. The standard InChI is InChI=1S/C4H7NO.C3H4O2/c6-3-4-1-2-5-4;1-2-3(4)5/h3-5H,1-2H2;2H,1H2,(H,4,5)/t4-;/m0./s1. The Morgan fingerprint density at radius 1 is 1.73 bits per heavy atom. The third-order valence-electron chi connectivity index (χ3n) is 1.20. The highest BCUT2D eigenvalue weighted by Crippen LogP contribution is 1.95. The molecule has 1 saturated heterocycles. The number of nitrogens with one attached hydrogen (secondary N) is 1. The van der Waals surface area contributed by atoms with Crippen molar-refractivity contribution < 1.29 is 14.7 Å². The molecule has 11 heavy (non-hydrogen) atoms. The van der Waals surface area contributed by atoms with Crippen LogP contribution in [-0.4, -0.2) is 29.9 Å². The van der Waals surface area contributed by atoms with Gasteiger partial charge in [-0.2, -0.15) is 0 Å². The Morgan fingerprint density at radius 2 is 2.18 bits per heavy atom. The van der Waals surface area contributed by atoms with Crippen LogP contribution in [0, 0.1) is 0 Å². The maximum Gasteiger partial charge on any atom is 0.327 e. The number of hydrogen-bond donors (Lipinski definition) is 2. The number of hydrogen-bond acceptors (Lipinski definition) is 3. The van der Waals surface area contributed by atoms with Gasteiger partial charge in [-0.15, -0.1) is 0 Å². The van der Waals surface area contributed by atoms with Gasteiger partial charge in [-0.1, -0.05) is 6.58 Å². The SMILES string of the molecule is C=CC(=O)O.O=C[C@@H]1CCN1. The lowest BCUT2D eigenvalue weighted by Crippen LogP contribution is -2.43. The summed E-state index contributed by atoms with van der Waals surface area (Å²) < 4.78 is 0. The van der Waals surface area contributed by atoms with Crippen molar-refractivity contribution >= 4 is 12.3 Å². The highest BCUT2D eigenvalue weighted by Gasteiger charge is 2.13. The van der Waals surface area contributed by atoms with Crippen LogP contribution < -0.4 is 5.32 Å². The quantitative estimate of drug-likeness (QED) is 0.430. The van der Waals surface area contributed by atoms with E-state index in [1.807, 2.05) is 0 Å². The second kappa shape index (κ2) is 5.61. The van der Waals surface area contributed by atoms with Crippen LogP contribution in [0.1, 0.15) is 6.42 Å². The van der Waals surface area contributed by atoms with E-state index in [1.54, 1.807) is 0 Å². The Balaban J connectivity index is 0.000000187. The van der Waals surface area contributed by atoms with Gasteiger partial charge in [0.2, 0.25) is 0 Å². The van der Waals surface area contributed by atoms with Crippen molar-refractivity contribution in [2.24, 2.45) is 0 Å². The molecule has 0 spiro atoms. The summed E-state index contributed by atoms with van der Waals surface area (Å²) in [7, 11) is 0. The van der Waals surface area contributed by atoms with Crippen LogP contribution in [0.25, 0.3) is 0 Å². The second-order valence-electron chi connectivity index (χ2n) is 2.03. The van der Waals surface area contributed by atoms with Crippen molar-refractivity contribution in [1.82, 2.24) is 5.32 Å². The van der Waals surface area contributed by atoms with Gasteiger partial charge in [0.15, 0.2) is 0 Å². The summed E-state index contributed by atoms with van der Waals surface area (Å²) in [6.45, 7) is 3.98. The van der Waals surface area contributed by atoms with Crippen molar-refractivity contribution in [2.75, 3.05) is 6.54 Å².